The summed E-state index contributed by atoms with van der Waals surface area (Å²) in [4.78, 5) is 11.5. The lowest BCUT2D eigenvalue weighted by Crippen LogP contribution is -2.25. The zero-order chi connectivity index (χ0) is 15.2. The van der Waals surface area contributed by atoms with Gasteiger partial charge in [0.1, 0.15) is 5.75 Å². The van der Waals surface area contributed by atoms with Gasteiger partial charge in [0.2, 0.25) is 0 Å². The van der Waals surface area contributed by atoms with E-state index >= 15 is 0 Å². The van der Waals surface area contributed by atoms with E-state index in [1.54, 1.807) is 13.8 Å². The fraction of sp³-hybridized carbons (Fsp3) is 0.278. The molecule has 3 heteroatoms. The molecule has 0 radical (unpaired) electrons. The minimum Gasteiger partial charge on any atom is -0.479 e. The number of hydrogen-bond donors (Lipinski definition) is 0. The molecule has 3 nitrogen and oxygen atoms in total. The van der Waals surface area contributed by atoms with Crippen molar-refractivity contribution in [2.75, 3.05) is 6.61 Å². The molecular formula is C18H20O3. The van der Waals surface area contributed by atoms with Gasteiger partial charge in [-0.1, -0.05) is 42.0 Å². The van der Waals surface area contributed by atoms with E-state index in [0.29, 0.717) is 12.4 Å². The second-order valence-corrected chi connectivity index (χ2v) is 4.90. The Kier molecular flexibility index (Phi) is 4.99. The van der Waals surface area contributed by atoms with Crippen LogP contribution >= 0.6 is 0 Å². The molecule has 2 aromatic rings. The highest BCUT2D eigenvalue weighted by Gasteiger charge is 2.15. The van der Waals surface area contributed by atoms with Gasteiger partial charge >= 0.3 is 5.97 Å². The van der Waals surface area contributed by atoms with E-state index < -0.39 is 6.10 Å². The highest BCUT2D eigenvalue weighted by molar-refractivity contribution is 5.74. The molecule has 0 fully saturated rings. The van der Waals surface area contributed by atoms with Crippen LogP contribution in [0.4, 0.5) is 0 Å². The Labute approximate surface area is 125 Å². The van der Waals surface area contributed by atoms with E-state index in [1.165, 1.54) is 5.56 Å². The number of rotatable bonds is 5. The maximum absolute atomic E-state index is 11.5. The Morgan fingerprint density at radius 2 is 1.52 bits per heavy atom. The van der Waals surface area contributed by atoms with Gasteiger partial charge in [0.15, 0.2) is 6.10 Å². The number of esters is 1. The summed E-state index contributed by atoms with van der Waals surface area (Å²) in [6.45, 7) is 5.89. The van der Waals surface area contributed by atoms with Crippen LogP contribution in [0.25, 0.3) is 11.1 Å². The molecule has 1 unspecified atom stereocenters. The van der Waals surface area contributed by atoms with Gasteiger partial charge < -0.3 is 9.47 Å². The van der Waals surface area contributed by atoms with E-state index in [9.17, 15) is 4.79 Å². The molecule has 21 heavy (non-hydrogen) atoms. The lowest BCUT2D eigenvalue weighted by atomic mass is 10.0. The first-order chi connectivity index (χ1) is 10.1. The van der Waals surface area contributed by atoms with Crippen molar-refractivity contribution in [3.05, 3.63) is 54.1 Å². The maximum atomic E-state index is 11.5. The van der Waals surface area contributed by atoms with Gasteiger partial charge in [0.05, 0.1) is 6.61 Å². The molecule has 0 aliphatic carbocycles. The van der Waals surface area contributed by atoms with Crippen LogP contribution in [0.1, 0.15) is 19.4 Å². The molecule has 0 heterocycles. The number of carbonyl (C=O) groups excluding carboxylic acids is 1. The molecule has 2 rings (SSSR count). The van der Waals surface area contributed by atoms with Crippen molar-refractivity contribution in [3.63, 3.8) is 0 Å². The monoisotopic (exact) mass is 284 g/mol. The molecule has 0 saturated heterocycles. The standard InChI is InChI=1S/C18H20O3/c1-4-20-18(19)14(3)21-17-11-9-16(10-12-17)15-7-5-13(2)6-8-15/h5-12,14H,4H2,1-3H3. The molecule has 110 valence electrons. The molecule has 0 saturated carbocycles. The summed E-state index contributed by atoms with van der Waals surface area (Å²) in [6.07, 6.45) is -0.602. The summed E-state index contributed by atoms with van der Waals surface area (Å²) in [7, 11) is 0. The van der Waals surface area contributed by atoms with Crippen LogP contribution in [0.5, 0.6) is 5.75 Å². The fourth-order valence-corrected chi connectivity index (χ4v) is 1.98. The lowest BCUT2D eigenvalue weighted by molar-refractivity contribution is -0.150. The van der Waals surface area contributed by atoms with Crippen molar-refractivity contribution >= 4 is 5.97 Å². The quantitative estimate of drug-likeness (QED) is 0.779. The lowest BCUT2D eigenvalue weighted by Gasteiger charge is -2.13. The summed E-state index contributed by atoms with van der Waals surface area (Å²) in [5.41, 5.74) is 3.51. The molecule has 0 bridgehead atoms. The maximum Gasteiger partial charge on any atom is 0.347 e. The minimum atomic E-state index is -0.602. The number of ether oxygens (including phenoxy) is 2. The number of aryl methyl sites for hydroxylation is 1. The zero-order valence-corrected chi connectivity index (χ0v) is 12.6. The highest BCUT2D eigenvalue weighted by Crippen LogP contribution is 2.23. The molecule has 0 spiro atoms. The van der Waals surface area contributed by atoms with E-state index in [0.717, 1.165) is 11.1 Å². The zero-order valence-electron chi connectivity index (χ0n) is 12.6. The largest absolute Gasteiger partial charge is 0.479 e. The molecule has 0 aromatic heterocycles. The first kappa shape index (κ1) is 15.1. The predicted octanol–water partition coefficient (Wildman–Crippen LogP) is 3.99. The van der Waals surface area contributed by atoms with Crippen molar-refractivity contribution in [2.45, 2.75) is 26.9 Å². The van der Waals surface area contributed by atoms with Gasteiger partial charge in [-0.15, -0.1) is 0 Å². The summed E-state index contributed by atoms with van der Waals surface area (Å²) < 4.78 is 10.5. The van der Waals surface area contributed by atoms with Crippen LogP contribution < -0.4 is 4.74 Å². The molecule has 2 aromatic carbocycles. The van der Waals surface area contributed by atoms with Crippen LogP contribution in [0.3, 0.4) is 0 Å². The second kappa shape index (κ2) is 6.93. The minimum absolute atomic E-state index is 0.347. The highest BCUT2D eigenvalue weighted by atomic mass is 16.6. The van der Waals surface area contributed by atoms with Crippen LogP contribution in [0, 0.1) is 6.92 Å². The Bertz CT molecular complexity index is 585. The van der Waals surface area contributed by atoms with Crippen molar-refractivity contribution in [2.24, 2.45) is 0 Å². The fourth-order valence-electron chi connectivity index (χ4n) is 1.98. The van der Waals surface area contributed by atoms with Crippen LogP contribution in [0.15, 0.2) is 48.5 Å². The van der Waals surface area contributed by atoms with E-state index in [-0.39, 0.29) is 5.97 Å². The number of hydrogen-bond acceptors (Lipinski definition) is 3. The van der Waals surface area contributed by atoms with E-state index in [4.69, 9.17) is 9.47 Å². The SMILES string of the molecule is CCOC(=O)C(C)Oc1ccc(-c2ccc(C)cc2)cc1. The van der Waals surface area contributed by atoms with E-state index in [1.807, 2.05) is 24.3 Å². The Morgan fingerprint density at radius 3 is 2.05 bits per heavy atom. The molecule has 0 aliphatic heterocycles. The van der Waals surface area contributed by atoms with Crippen LogP contribution in [-0.4, -0.2) is 18.7 Å². The number of benzene rings is 2. The summed E-state index contributed by atoms with van der Waals surface area (Å²) in [5, 5.41) is 0. The third-order valence-electron chi connectivity index (χ3n) is 3.17. The molecule has 0 aliphatic rings. The third kappa shape index (κ3) is 4.09. The van der Waals surface area contributed by atoms with Gasteiger partial charge in [-0.2, -0.15) is 0 Å². The van der Waals surface area contributed by atoms with Gasteiger partial charge in [-0.3, -0.25) is 0 Å². The summed E-state index contributed by atoms with van der Waals surface area (Å²) in [5.74, 6) is 0.312. The summed E-state index contributed by atoms with van der Waals surface area (Å²) >= 11 is 0. The normalized spacial score (nSPS) is 11.8. The first-order valence-corrected chi connectivity index (χ1v) is 7.10. The van der Waals surface area contributed by atoms with Crippen molar-refractivity contribution in [1.82, 2.24) is 0 Å². The Morgan fingerprint density at radius 1 is 1.00 bits per heavy atom. The van der Waals surface area contributed by atoms with E-state index in [2.05, 4.69) is 31.2 Å². The molecule has 0 N–H and O–H groups in total. The van der Waals surface area contributed by atoms with Gasteiger partial charge in [0, 0.05) is 0 Å². The predicted molar refractivity (Wildman–Crippen MR) is 83.3 cm³/mol. The van der Waals surface area contributed by atoms with Gasteiger partial charge in [0.25, 0.3) is 0 Å². The first-order valence-electron chi connectivity index (χ1n) is 7.10. The average Bonchev–Trinajstić information content (AvgIpc) is 2.49. The van der Waals surface area contributed by atoms with Crippen molar-refractivity contribution < 1.29 is 14.3 Å². The number of carbonyl (C=O) groups is 1. The van der Waals surface area contributed by atoms with Crippen LogP contribution in [-0.2, 0) is 9.53 Å². The van der Waals surface area contributed by atoms with Crippen LogP contribution in [0.2, 0.25) is 0 Å². The van der Waals surface area contributed by atoms with Crippen molar-refractivity contribution in [1.29, 1.82) is 0 Å². The Balaban J connectivity index is 2.05. The topological polar surface area (TPSA) is 35.5 Å². The molecule has 1 atom stereocenters. The average molecular weight is 284 g/mol. The molecule has 0 amide bonds. The Hall–Kier alpha value is -2.29. The second-order valence-electron chi connectivity index (χ2n) is 4.90. The van der Waals surface area contributed by atoms with Gasteiger partial charge in [-0.25, -0.2) is 4.79 Å². The van der Waals surface area contributed by atoms with Crippen molar-refractivity contribution in [3.8, 4) is 16.9 Å². The van der Waals surface area contributed by atoms with Gasteiger partial charge in [-0.05, 0) is 44.0 Å². The smallest absolute Gasteiger partial charge is 0.347 e. The summed E-state index contributed by atoms with van der Waals surface area (Å²) in [6, 6.07) is 16.1. The molecular weight excluding hydrogens is 264 g/mol. The third-order valence-corrected chi connectivity index (χ3v) is 3.17.